The lowest BCUT2D eigenvalue weighted by molar-refractivity contribution is -0.117. The van der Waals surface area contributed by atoms with Crippen LogP contribution < -0.4 is 10.6 Å². The Kier molecular flexibility index (Phi) is 6.98. The largest absolute Gasteiger partial charge is 0.467 e. The number of carbonyl (C=O) groups excluding carboxylic acids is 2. The molecule has 0 saturated carbocycles. The van der Waals surface area contributed by atoms with Crippen LogP contribution in [0.5, 0.6) is 0 Å². The lowest BCUT2D eigenvalue weighted by Gasteiger charge is -2.09. The van der Waals surface area contributed by atoms with Gasteiger partial charge in [-0.3, -0.25) is 14.7 Å². The van der Waals surface area contributed by atoms with E-state index >= 15 is 0 Å². The van der Waals surface area contributed by atoms with E-state index in [1.54, 1.807) is 6.26 Å². The van der Waals surface area contributed by atoms with E-state index in [-0.39, 0.29) is 5.75 Å². The van der Waals surface area contributed by atoms with Gasteiger partial charge in [0, 0.05) is 12.1 Å². The van der Waals surface area contributed by atoms with Crippen molar-refractivity contribution in [3.05, 3.63) is 90.4 Å². The van der Waals surface area contributed by atoms with Crippen molar-refractivity contribution < 1.29 is 14.0 Å². The summed E-state index contributed by atoms with van der Waals surface area (Å²) in [5, 5.41) is 14.1. The van der Waals surface area contributed by atoms with E-state index in [0.717, 1.165) is 16.9 Å². The zero-order valence-electron chi connectivity index (χ0n) is 17.1. The van der Waals surface area contributed by atoms with Gasteiger partial charge in [0.25, 0.3) is 0 Å². The molecule has 162 valence electrons. The number of furan rings is 1. The van der Waals surface area contributed by atoms with Gasteiger partial charge in [0.05, 0.1) is 18.6 Å². The van der Waals surface area contributed by atoms with Crippen molar-refractivity contribution >= 4 is 23.7 Å². The summed E-state index contributed by atoms with van der Waals surface area (Å²) in [7, 11) is 0. The predicted octanol–water partition coefficient (Wildman–Crippen LogP) is 3.70. The molecule has 2 N–H and O–H groups in total. The van der Waals surface area contributed by atoms with Gasteiger partial charge in [-0.1, -0.05) is 72.4 Å². The average Bonchev–Trinajstić information content (AvgIpc) is 3.48. The molecule has 2 aromatic carbocycles. The number of amides is 3. The summed E-state index contributed by atoms with van der Waals surface area (Å²) in [6, 6.07) is 22.3. The number of urea groups is 1. The van der Waals surface area contributed by atoms with E-state index in [9.17, 15) is 9.59 Å². The minimum Gasteiger partial charge on any atom is -0.467 e. The van der Waals surface area contributed by atoms with E-state index in [2.05, 4.69) is 20.8 Å². The molecule has 0 atom stereocenters. The minimum atomic E-state index is -0.540. The van der Waals surface area contributed by atoms with Crippen LogP contribution in [0, 0.1) is 0 Å². The number of imide groups is 1. The first kappa shape index (κ1) is 21.4. The first-order valence-electron chi connectivity index (χ1n) is 9.94. The maximum Gasteiger partial charge on any atom is 0.321 e. The van der Waals surface area contributed by atoms with Gasteiger partial charge in [-0.2, -0.15) is 0 Å². The van der Waals surface area contributed by atoms with Crippen LogP contribution in [0.25, 0.3) is 11.4 Å². The van der Waals surface area contributed by atoms with Crippen LogP contribution in [0.2, 0.25) is 0 Å². The number of aromatic nitrogens is 3. The maximum atomic E-state index is 12.3. The summed E-state index contributed by atoms with van der Waals surface area (Å²) < 4.78 is 7.37. The summed E-state index contributed by atoms with van der Waals surface area (Å²) in [4.78, 5) is 24.3. The molecule has 2 aromatic heterocycles. The molecule has 0 radical (unpaired) electrons. The summed E-state index contributed by atoms with van der Waals surface area (Å²) in [5.41, 5.74) is 1.85. The van der Waals surface area contributed by atoms with Crippen LogP contribution in [0.15, 0.2) is 88.6 Å². The number of hydrogen-bond donors (Lipinski definition) is 2. The number of nitrogens with zero attached hydrogens (tertiary/aromatic N) is 3. The number of nitrogens with one attached hydrogen (secondary N) is 2. The Morgan fingerprint density at radius 2 is 1.69 bits per heavy atom. The summed E-state index contributed by atoms with van der Waals surface area (Å²) in [6.45, 7) is 0.761. The van der Waals surface area contributed by atoms with Crippen molar-refractivity contribution in [1.82, 2.24) is 25.4 Å². The quantitative estimate of drug-likeness (QED) is 0.399. The van der Waals surface area contributed by atoms with Gasteiger partial charge in [0.1, 0.15) is 5.76 Å². The van der Waals surface area contributed by atoms with E-state index in [0.29, 0.717) is 24.1 Å². The van der Waals surface area contributed by atoms with Crippen molar-refractivity contribution in [2.24, 2.45) is 0 Å². The highest BCUT2D eigenvalue weighted by Crippen LogP contribution is 2.25. The SMILES string of the molecule is O=C(CSc1nnc(-c2ccccc2)n1Cc1ccco1)NC(=O)NCc1ccccc1. The van der Waals surface area contributed by atoms with Crippen LogP contribution in [-0.2, 0) is 17.9 Å². The lowest BCUT2D eigenvalue weighted by atomic mass is 10.2. The summed E-state index contributed by atoms with van der Waals surface area (Å²) >= 11 is 1.20. The van der Waals surface area contributed by atoms with E-state index in [4.69, 9.17) is 4.42 Å². The zero-order chi connectivity index (χ0) is 22.2. The number of hydrogen-bond acceptors (Lipinski definition) is 6. The molecule has 4 rings (SSSR count). The van der Waals surface area contributed by atoms with Gasteiger partial charge < -0.3 is 9.73 Å². The Hall–Kier alpha value is -3.85. The second-order valence-corrected chi connectivity index (χ2v) is 7.79. The molecule has 0 saturated heterocycles. The first-order chi connectivity index (χ1) is 15.7. The van der Waals surface area contributed by atoms with Crippen molar-refractivity contribution in [2.75, 3.05) is 5.75 Å². The number of thioether (sulfide) groups is 1. The Bertz CT molecular complexity index is 1160. The number of rotatable bonds is 8. The van der Waals surface area contributed by atoms with Gasteiger partial charge in [-0.15, -0.1) is 10.2 Å². The molecule has 0 aliphatic carbocycles. The van der Waals surface area contributed by atoms with Crippen molar-refractivity contribution in [3.8, 4) is 11.4 Å². The molecule has 4 aromatic rings. The second-order valence-electron chi connectivity index (χ2n) is 6.84. The highest BCUT2D eigenvalue weighted by molar-refractivity contribution is 7.99. The molecule has 3 amide bonds. The fraction of sp³-hybridized carbons (Fsp3) is 0.130. The van der Waals surface area contributed by atoms with Gasteiger partial charge in [-0.25, -0.2) is 4.79 Å². The standard InChI is InChI=1S/C23H21N5O3S/c29-20(25-22(30)24-14-17-8-3-1-4-9-17)16-32-23-27-26-21(18-10-5-2-6-11-18)28(23)15-19-12-7-13-31-19/h1-13H,14-16H2,(H2,24,25,29,30). The minimum absolute atomic E-state index is 0.0177. The normalized spacial score (nSPS) is 10.6. The third-order valence-electron chi connectivity index (χ3n) is 4.52. The molecule has 0 aliphatic rings. The smallest absolute Gasteiger partial charge is 0.321 e. The van der Waals surface area contributed by atoms with Crippen molar-refractivity contribution in [3.63, 3.8) is 0 Å². The van der Waals surface area contributed by atoms with Crippen molar-refractivity contribution in [1.29, 1.82) is 0 Å². The Morgan fingerprint density at radius 3 is 2.41 bits per heavy atom. The van der Waals surface area contributed by atoms with Crippen LogP contribution in [0.1, 0.15) is 11.3 Å². The Morgan fingerprint density at radius 1 is 0.938 bits per heavy atom. The molecule has 0 fully saturated rings. The van der Waals surface area contributed by atoms with E-state index < -0.39 is 11.9 Å². The Labute approximate surface area is 189 Å². The monoisotopic (exact) mass is 447 g/mol. The van der Waals surface area contributed by atoms with E-state index in [1.807, 2.05) is 77.4 Å². The van der Waals surface area contributed by atoms with Gasteiger partial charge in [0.2, 0.25) is 5.91 Å². The highest BCUT2D eigenvalue weighted by atomic mass is 32.2. The lowest BCUT2D eigenvalue weighted by Crippen LogP contribution is -2.40. The molecule has 8 nitrogen and oxygen atoms in total. The molecule has 2 heterocycles. The fourth-order valence-electron chi connectivity index (χ4n) is 3.01. The molecule has 0 bridgehead atoms. The predicted molar refractivity (Wildman–Crippen MR) is 121 cm³/mol. The summed E-state index contributed by atoms with van der Waals surface area (Å²) in [5.74, 6) is 1.01. The van der Waals surface area contributed by atoms with Crippen molar-refractivity contribution in [2.45, 2.75) is 18.2 Å². The zero-order valence-corrected chi connectivity index (χ0v) is 17.9. The molecule has 0 spiro atoms. The first-order valence-corrected chi connectivity index (χ1v) is 10.9. The third kappa shape index (κ3) is 5.64. The van der Waals surface area contributed by atoms with Crippen LogP contribution in [-0.4, -0.2) is 32.5 Å². The fourth-order valence-corrected chi connectivity index (χ4v) is 3.75. The van der Waals surface area contributed by atoms with Crippen LogP contribution in [0.3, 0.4) is 0 Å². The van der Waals surface area contributed by atoms with Gasteiger partial charge in [-0.05, 0) is 17.7 Å². The average molecular weight is 448 g/mol. The van der Waals surface area contributed by atoms with Crippen LogP contribution in [0.4, 0.5) is 4.79 Å². The highest BCUT2D eigenvalue weighted by Gasteiger charge is 2.17. The van der Waals surface area contributed by atoms with Gasteiger partial charge in [0.15, 0.2) is 11.0 Å². The molecular weight excluding hydrogens is 426 g/mol. The van der Waals surface area contributed by atoms with Crippen LogP contribution >= 0.6 is 11.8 Å². The topological polar surface area (TPSA) is 102 Å². The Balaban J connectivity index is 1.38. The molecule has 32 heavy (non-hydrogen) atoms. The molecule has 0 unspecified atom stereocenters. The molecule has 9 heteroatoms. The van der Waals surface area contributed by atoms with E-state index in [1.165, 1.54) is 11.8 Å². The maximum absolute atomic E-state index is 12.3. The summed E-state index contributed by atoms with van der Waals surface area (Å²) in [6.07, 6.45) is 1.61. The molecular formula is C23H21N5O3S. The van der Waals surface area contributed by atoms with Gasteiger partial charge >= 0.3 is 6.03 Å². The second kappa shape index (κ2) is 10.5. The molecule has 0 aliphatic heterocycles. The number of carbonyl (C=O) groups is 2. The third-order valence-corrected chi connectivity index (χ3v) is 5.49. The number of benzene rings is 2.